The van der Waals surface area contributed by atoms with Gasteiger partial charge in [0, 0.05) is 12.1 Å². The minimum absolute atomic E-state index is 0.0826. The molecular formula is C11H13N3O4S. The van der Waals surface area contributed by atoms with Crippen molar-refractivity contribution < 1.29 is 18.0 Å². The summed E-state index contributed by atoms with van der Waals surface area (Å²) in [5, 5.41) is 10.1. The molecule has 1 aliphatic rings. The summed E-state index contributed by atoms with van der Waals surface area (Å²) in [6, 6.07) is 5.05. The molecule has 0 spiro atoms. The number of carbonyl (C=O) groups is 2. The van der Waals surface area contributed by atoms with Crippen LogP contribution in [0.3, 0.4) is 0 Å². The summed E-state index contributed by atoms with van der Waals surface area (Å²) in [4.78, 5) is 22.7. The van der Waals surface area contributed by atoms with Gasteiger partial charge in [0.25, 0.3) is 0 Å². The van der Waals surface area contributed by atoms with Crippen molar-refractivity contribution in [1.82, 2.24) is 5.32 Å². The van der Waals surface area contributed by atoms with Gasteiger partial charge in [-0.25, -0.2) is 13.6 Å². The standard InChI is InChI=1S/C11H13N3O4S/c12-19(17,18)8-3-1-2-7(6-8)13-11(16)9-4-5-10(15)14-9/h1-3,6,9H,4-5H2,(H,13,16)(H,14,15)(H2,12,17,18)/t9-/m0/s1. The molecule has 19 heavy (non-hydrogen) atoms. The molecule has 1 fully saturated rings. The van der Waals surface area contributed by atoms with Gasteiger partial charge in [-0.15, -0.1) is 0 Å². The van der Waals surface area contributed by atoms with Gasteiger partial charge in [0.15, 0.2) is 0 Å². The molecule has 1 aliphatic heterocycles. The van der Waals surface area contributed by atoms with E-state index in [1.807, 2.05) is 0 Å². The fourth-order valence-corrected chi connectivity index (χ4v) is 2.35. The molecule has 2 amide bonds. The van der Waals surface area contributed by atoms with E-state index in [0.717, 1.165) is 0 Å². The second kappa shape index (κ2) is 4.98. The predicted molar refractivity (Wildman–Crippen MR) is 67.6 cm³/mol. The number of anilines is 1. The Morgan fingerprint density at radius 1 is 1.42 bits per heavy atom. The van der Waals surface area contributed by atoms with Crippen LogP contribution in [-0.4, -0.2) is 26.3 Å². The smallest absolute Gasteiger partial charge is 0.246 e. The molecule has 1 aromatic rings. The van der Waals surface area contributed by atoms with E-state index >= 15 is 0 Å². The number of hydrogen-bond acceptors (Lipinski definition) is 4. The number of hydrogen-bond donors (Lipinski definition) is 3. The van der Waals surface area contributed by atoms with Crippen LogP contribution >= 0.6 is 0 Å². The Hall–Kier alpha value is -1.93. The molecule has 0 saturated carbocycles. The highest BCUT2D eigenvalue weighted by atomic mass is 32.2. The van der Waals surface area contributed by atoms with Crippen LogP contribution < -0.4 is 15.8 Å². The fourth-order valence-electron chi connectivity index (χ4n) is 1.79. The first-order valence-electron chi connectivity index (χ1n) is 5.59. The summed E-state index contributed by atoms with van der Waals surface area (Å²) in [5.74, 6) is -0.546. The van der Waals surface area contributed by atoms with E-state index in [4.69, 9.17) is 5.14 Å². The van der Waals surface area contributed by atoms with Gasteiger partial charge >= 0.3 is 0 Å². The van der Waals surface area contributed by atoms with Crippen LogP contribution in [0.15, 0.2) is 29.2 Å². The van der Waals surface area contributed by atoms with Crippen LogP contribution in [0, 0.1) is 0 Å². The van der Waals surface area contributed by atoms with Crippen molar-refractivity contribution in [1.29, 1.82) is 0 Å². The number of rotatable bonds is 3. The molecule has 1 aromatic carbocycles. The quantitative estimate of drug-likeness (QED) is 0.696. The lowest BCUT2D eigenvalue weighted by atomic mass is 10.2. The molecular weight excluding hydrogens is 270 g/mol. The second-order valence-corrected chi connectivity index (χ2v) is 5.78. The normalized spacial score (nSPS) is 19.0. The predicted octanol–water partition coefficient (Wildman–Crippen LogP) is -0.449. The Morgan fingerprint density at radius 2 is 2.16 bits per heavy atom. The highest BCUT2D eigenvalue weighted by Gasteiger charge is 2.27. The zero-order valence-corrected chi connectivity index (χ0v) is 10.7. The van der Waals surface area contributed by atoms with Crippen molar-refractivity contribution in [3.8, 4) is 0 Å². The SMILES string of the molecule is NS(=O)(=O)c1cccc(NC(=O)[C@@H]2CCC(=O)N2)c1. The van der Waals surface area contributed by atoms with Gasteiger partial charge in [-0.2, -0.15) is 0 Å². The zero-order valence-electron chi connectivity index (χ0n) is 9.92. The van der Waals surface area contributed by atoms with E-state index in [-0.39, 0.29) is 16.7 Å². The lowest BCUT2D eigenvalue weighted by Crippen LogP contribution is -2.37. The maximum absolute atomic E-state index is 11.8. The second-order valence-electron chi connectivity index (χ2n) is 4.22. The van der Waals surface area contributed by atoms with Gasteiger partial charge in [-0.1, -0.05) is 6.07 Å². The zero-order chi connectivity index (χ0) is 14.0. The van der Waals surface area contributed by atoms with Gasteiger partial charge in [0.05, 0.1) is 4.90 Å². The summed E-state index contributed by atoms with van der Waals surface area (Å²) < 4.78 is 22.4. The van der Waals surface area contributed by atoms with Crippen LogP contribution in [0.4, 0.5) is 5.69 Å². The summed E-state index contributed by atoms with van der Waals surface area (Å²) in [5.41, 5.74) is 0.317. The monoisotopic (exact) mass is 283 g/mol. The third kappa shape index (κ3) is 3.30. The molecule has 2 rings (SSSR count). The first-order chi connectivity index (χ1) is 8.86. The number of amides is 2. The number of primary sulfonamides is 1. The minimum atomic E-state index is -3.81. The molecule has 4 N–H and O–H groups in total. The number of carbonyl (C=O) groups excluding carboxylic acids is 2. The molecule has 7 nitrogen and oxygen atoms in total. The summed E-state index contributed by atoms with van der Waals surface area (Å²) in [6.07, 6.45) is 0.745. The Labute approximate surface area is 110 Å². The highest BCUT2D eigenvalue weighted by molar-refractivity contribution is 7.89. The van der Waals surface area contributed by atoms with Crippen molar-refractivity contribution in [2.24, 2.45) is 5.14 Å². The third-order valence-corrected chi connectivity index (χ3v) is 3.65. The molecule has 0 radical (unpaired) electrons. The minimum Gasteiger partial charge on any atom is -0.344 e. The first kappa shape index (κ1) is 13.5. The highest BCUT2D eigenvalue weighted by Crippen LogP contribution is 2.15. The van der Waals surface area contributed by atoms with Crippen molar-refractivity contribution in [3.05, 3.63) is 24.3 Å². The molecule has 0 aliphatic carbocycles. The van der Waals surface area contributed by atoms with E-state index in [2.05, 4.69) is 10.6 Å². The van der Waals surface area contributed by atoms with E-state index < -0.39 is 16.1 Å². The number of benzene rings is 1. The molecule has 0 unspecified atom stereocenters. The molecule has 102 valence electrons. The molecule has 0 bridgehead atoms. The van der Waals surface area contributed by atoms with Crippen LogP contribution in [0.1, 0.15) is 12.8 Å². The topological polar surface area (TPSA) is 118 Å². The maximum atomic E-state index is 11.8. The van der Waals surface area contributed by atoms with E-state index in [1.165, 1.54) is 18.2 Å². The molecule has 1 saturated heterocycles. The molecule has 0 aromatic heterocycles. The van der Waals surface area contributed by atoms with Gasteiger partial charge in [0.1, 0.15) is 6.04 Å². The van der Waals surface area contributed by atoms with Gasteiger partial charge in [0.2, 0.25) is 21.8 Å². The van der Waals surface area contributed by atoms with Crippen LogP contribution in [0.2, 0.25) is 0 Å². The largest absolute Gasteiger partial charge is 0.344 e. The number of nitrogens with two attached hydrogens (primary N) is 1. The maximum Gasteiger partial charge on any atom is 0.246 e. The Balaban J connectivity index is 2.11. The fraction of sp³-hybridized carbons (Fsp3) is 0.273. The Bertz CT molecular complexity index is 627. The lowest BCUT2D eigenvalue weighted by molar-refractivity contribution is -0.122. The average Bonchev–Trinajstić information content (AvgIpc) is 2.75. The van der Waals surface area contributed by atoms with Crippen molar-refractivity contribution in [3.63, 3.8) is 0 Å². The van der Waals surface area contributed by atoms with E-state index in [9.17, 15) is 18.0 Å². The molecule has 1 heterocycles. The summed E-state index contributed by atoms with van der Waals surface area (Å²) in [6.45, 7) is 0. The van der Waals surface area contributed by atoms with Gasteiger partial charge in [-0.3, -0.25) is 9.59 Å². The van der Waals surface area contributed by atoms with Crippen LogP contribution in [0.25, 0.3) is 0 Å². The van der Waals surface area contributed by atoms with Crippen LogP contribution in [0.5, 0.6) is 0 Å². The molecule has 8 heteroatoms. The van der Waals surface area contributed by atoms with Gasteiger partial charge in [-0.05, 0) is 24.6 Å². The van der Waals surface area contributed by atoms with Crippen molar-refractivity contribution >= 4 is 27.5 Å². The first-order valence-corrected chi connectivity index (χ1v) is 7.14. The Kier molecular flexibility index (Phi) is 3.54. The van der Waals surface area contributed by atoms with E-state index in [1.54, 1.807) is 6.07 Å². The van der Waals surface area contributed by atoms with Gasteiger partial charge < -0.3 is 10.6 Å². The average molecular weight is 283 g/mol. The Morgan fingerprint density at radius 3 is 2.74 bits per heavy atom. The number of nitrogens with one attached hydrogen (secondary N) is 2. The van der Waals surface area contributed by atoms with Crippen molar-refractivity contribution in [2.45, 2.75) is 23.8 Å². The van der Waals surface area contributed by atoms with Crippen molar-refractivity contribution in [2.75, 3.05) is 5.32 Å². The summed E-state index contributed by atoms with van der Waals surface area (Å²) >= 11 is 0. The van der Waals surface area contributed by atoms with E-state index in [0.29, 0.717) is 18.5 Å². The summed E-state index contributed by atoms with van der Waals surface area (Å²) in [7, 11) is -3.81. The third-order valence-electron chi connectivity index (χ3n) is 2.74. The lowest BCUT2D eigenvalue weighted by Gasteiger charge is -2.11. The van der Waals surface area contributed by atoms with Crippen LogP contribution in [-0.2, 0) is 19.6 Å². The molecule has 1 atom stereocenters. The number of sulfonamides is 1.